The summed E-state index contributed by atoms with van der Waals surface area (Å²) in [6.45, 7) is -0.0214. The van der Waals surface area contributed by atoms with Gasteiger partial charge in [0.25, 0.3) is 0 Å². The number of aliphatic hydroxyl groups is 2. The van der Waals surface area contributed by atoms with Gasteiger partial charge >= 0.3 is 0 Å². The van der Waals surface area contributed by atoms with Crippen LogP contribution in [0.5, 0.6) is 11.5 Å². The molecule has 0 amide bonds. The third-order valence-electron chi connectivity index (χ3n) is 3.52. The van der Waals surface area contributed by atoms with Gasteiger partial charge in [0.2, 0.25) is 0 Å². The molecule has 0 saturated heterocycles. The quantitative estimate of drug-likeness (QED) is 0.618. The van der Waals surface area contributed by atoms with Gasteiger partial charge in [-0.05, 0) is 59.4 Å². The van der Waals surface area contributed by atoms with E-state index in [2.05, 4.69) is 0 Å². The molecule has 2 aromatic rings. The minimum absolute atomic E-state index is 0.0107. The Hall–Kier alpha value is -2.30. The molecule has 0 bridgehead atoms. The normalized spacial score (nSPS) is 12.1. The molecule has 0 spiro atoms. The summed E-state index contributed by atoms with van der Waals surface area (Å²) < 4.78 is 0. The number of hydrogen-bond acceptors (Lipinski definition) is 4. The Bertz CT molecular complexity index is 570. The molecular weight excluding hydrogens is 280 g/mol. The zero-order valence-corrected chi connectivity index (χ0v) is 12.2. The van der Waals surface area contributed by atoms with Crippen molar-refractivity contribution in [2.45, 2.75) is 12.8 Å². The van der Waals surface area contributed by atoms with Gasteiger partial charge in [0.15, 0.2) is 0 Å². The van der Waals surface area contributed by atoms with Gasteiger partial charge in [-0.2, -0.15) is 0 Å². The molecule has 0 fully saturated rings. The number of aromatic hydroxyl groups is 2. The van der Waals surface area contributed by atoms with Crippen molar-refractivity contribution < 1.29 is 20.4 Å². The second kappa shape index (κ2) is 7.64. The van der Waals surface area contributed by atoms with E-state index in [9.17, 15) is 20.4 Å². The molecule has 2 rings (SSSR count). The zero-order valence-electron chi connectivity index (χ0n) is 12.2. The first-order valence-electron chi connectivity index (χ1n) is 7.18. The van der Waals surface area contributed by atoms with Crippen molar-refractivity contribution in [1.29, 1.82) is 0 Å². The molecule has 0 aliphatic rings. The van der Waals surface area contributed by atoms with Crippen molar-refractivity contribution in [3.63, 3.8) is 0 Å². The van der Waals surface area contributed by atoms with Gasteiger partial charge in [0.1, 0.15) is 11.5 Å². The van der Waals surface area contributed by atoms with Gasteiger partial charge in [-0.25, -0.2) is 0 Å². The van der Waals surface area contributed by atoms with Crippen LogP contribution in [0, 0.1) is 0 Å². The van der Waals surface area contributed by atoms with E-state index < -0.39 is 0 Å². The highest BCUT2D eigenvalue weighted by Crippen LogP contribution is 2.32. The summed E-state index contributed by atoms with van der Waals surface area (Å²) in [6, 6.07) is 13.5. The van der Waals surface area contributed by atoms with Gasteiger partial charge in [0, 0.05) is 13.2 Å². The second-order valence-electron chi connectivity index (χ2n) is 5.00. The van der Waals surface area contributed by atoms with Crippen LogP contribution in [-0.4, -0.2) is 33.6 Å². The third kappa shape index (κ3) is 3.87. The van der Waals surface area contributed by atoms with Crippen LogP contribution in [-0.2, 0) is 0 Å². The molecule has 4 N–H and O–H groups in total. The van der Waals surface area contributed by atoms with Gasteiger partial charge in [-0.3, -0.25) is 0 Å². The summed E-state index contributed by atoms with van der Waals surface area (Å²) in [5.74, 6) is 0.362. The van der Waals surface area contributed by atoms with Crippen molar-refractivity contribution >= 4 is 11.1 Å². The predicted molar refractivity (Wildman–Crippen MR) is 86.4 cm³/mol. The van der Waals surface area contributed by atoms with E-state index in [1.54, 1.807) is 48.5 Å². The van der Waals surface area contributed by atoms with Crippen molar-refractivity contribution in [2.75, 3.05) is 13.2 Å². The van der Waals surface area contributed by atoms with Crippen molar-refractivity contribution in [1.82, 2.24) is 0 Å². The Morgan fingerprint density at radius 2 is 0.909 bits per heavy atom. The van der Waals surface area contributed by atoms with Crippen LogP contribution in [0.1, 0.15) is 24.0 Å². The molecule has 4 heteroatoms. The summed E-state index contributed by atoms with van der Waals surface area (Å²) in [4.78, 5) is 0. The first kappa shape index (κ1) is 16.1. The average molecular weight is 300 g/mol. The second-order valence-corrected chi connectivity index (χ2v) is 5.00. The lowest BCUT2D eigenvalue weighted by atomic mass is 9.90. The molecular formula is C18H20O4. The van der Waals surface area contributed by atoms with E-state index >= 15 is 0 Å². The fourth-order valence-corrected chi connectivity index (χ4v) is 2.49. The smallest absolute Gasteiger partial charge is 0.115 e. The van der Waals surface area contributed by atoms with Crippen molar-refractivity contribution in [3.05, 3.63) is 59.7 Å². The first-order chi connectivity index (χ1) is 10.7. The standard InChI is InChI=1S/C18H20O4/c19-11-9-17(13-1-5-15(21)6-2-13)18(10-12-20)14-3-7-16(22)8-4-14/h1-8,19-22H,9-12H2. The number of aliphatic hydroxyl groups excluding tert-OH is 2. The summed E-state index contributed by atoms with van der Waals surface area (Å²) in [5.41, 5.74) is 3.62. The number of phenolic OH excluding ortho intramolecular Hbond substituents is 2. The lowest BCUT2D eigenvalue weighted by Gasteiger charge is -2.16. The van der Waals surface area contributed by atoms with Crippen LogP contribution in [0.2, 0.25) is 0 Å². The molecule has 22 heavy (non-hydrogen) atoms. The minimum atomic E-state index is -0.0107. The number of phenols is 2. The molecule has 0 aliphatic heterocycles. The summed E-state index contributed by atoms with van der Waals surface area (Å²) in [7, 11) is 0. The molecule has 0 saturated carbocycles. The van der Waals surface area contributed by atoms with Crippen molar-refractivity contribution in [3.8, 4) is 11.5 Å². The molecule has 0 radical (unpaired) electrons. The lowest BCUT2D eigenvalue weighted by Crippen LogP contribution is -1.98. The highest BCUT2D eigenvalue weighted by Gasteiger charge is 2.11. The maximum atomic E-state index is 9.42. The maximum Gasteiger partial charge on any atom is 0.115 e. The van der Waals surface area contributed by atoms with Crippen LogP contribution in [0.4, 0.5) is 0 Å². The SMILES string of the molecule is OCCC(=C(CCO)c1ccc(O)cc1)c1ccc(O)cc1. The predicted octanol–water partition coefficient (Wildman–Crippen LogP) is 2.77. The Balaban J connectivity index is 2.55. The van der Waals surface area contributed by atoms with Crippen molar-refractivity contribution in [2.24, 2.45) is 0 Å². The van der Waals surface area contributed by atoms with E-state index in [1.807, 2.05) is 0 Å². The largest absolute Gasteiger partial charge is 0.508 e. The monoisotopic (exact) mass is 300 g/mol. The Kier molecular flexibility index (Phi) is 5.58. The van der Waals surface area contributed by atoms with Crippen LogP contribution < -0.4 is 0 Å². The first-order valence-corrected chi connectivity index (χ1v) is 7.18. The lowest BCUT2D eigenvalue weighted by molar-refractivity contribution is 0.301. The number of hydrogen-bond donors (Lipinski definition) is 4. The third-order valence-corrected chi connectivity index (χ3v) is 3.52. The fraction of sp³-hybridized carbons (Fsp3) is 0.222. The summed E-state index contributed by atoms with van der Waals surface area (Å²) in [5, 5.41) is 37.6. The highest BCUT2D eigenvalue weighted by molar-refractivity contribution is 5.91. The van der Waals surface area contributed by atoms with E-state index in [1.165, 1.54) is 0 Å². The van der Waals surface area contributed by atoms with E-state index in [-0.39, 0.29) is 24.7 Å². The molecule has 0 aliphatic carbocycles. The van der Waals surface area contributed by atoms with Crippen LogP contribution in [0.25, 0.3) is 11.1 Å². The van der Waals surface area contributed by atoms with Gasteiger partial charge < -0.3 is 20.4 Å². The molecule has 4 nitrogen and oxygen atoms in total. The highest BCUT2D eigenvalue weighted by atomic mass is 16.3. The van der Waals surface area contributed by atoms with E-state index in [4.69, 9.17) is 0 Å². The molecule has 0 unspecified atom stereocenters. The van der Waals surface area contributed by atoms with Gasteiger partial charge in [-0.1, -0.05) is 24.3 Å². The zero-order chi connectivity index (χ0) is 15.9. The molecule has 0 aromatic heterocycles. The molecule has 116 valence electrons. The minimum Gasteiger partial charge on any atom is -0.508 e. The Morgan fingerprint density at radius 1 is 0.591 bits per heavy atom. The van der Waals surface area contributed by atoms with Gasteiger partial charge in [0.05, 0.1) is 0 Å². The summed E-state index contributed by atoms with van der Waals surface area (Å²) >= 11 is 0. The van der Waals surface area contributed by atoms with E-state index in [0.29, 0.717) is 12.8 Å². The Labute approximate surface area is 129 Å². The Morgan fingerprint density at radius 3 is 1.18 bits per heavy atom. The molecule has 0 heterocycles. The number of benzene rings is 2. The van der Waals surface area contributed by atoms with Crippen LogP contribution in [0.15, 0.2) is 48.5 Å². The maximum absolute atomic E-state index is 9.42. The average Bonchev–Trinajstić information content (AvgIpc) is 2.53. The van der Waals surface area contributed by atoms with Gasteiger partial charge in [-0.15, -0.1) is 0 Å². The topological polar surface area (TPSA) is 80.9 Å². The van der Waals surface area contributed by atoms with E-state index in [0.717, 1.165) is 22.3 Å². The van der Waals surface area contributed by atoms with Crippen LogP contribution in [0.3, 0.4) is 0 Å². The van der Waals surface area contributed by atoms with Crippen LogP contribution >= 0.6 is 0 Å². The molecule has 2 aromatic carbocycles. The molecule has 0 atom stereocenters. The number of rotatable bonds is 6. The summed E-state index contributed by atoms with van der Waals surface area (Å²) in [6.07, 6.45) is 0.891. The fourth-order valence-electron chi connectivity index (χ4n) is 2.49.